The Hall–Kier alpha value is -0.870. The Morgan fingerprint density at radius 3 is 2.44 bits per heavy atom. The number of carbonyl (C=O) groups is 1. The van der Waals surface area contributed by atoms with E-state index in [-0.39, 0.29) is 18.0 Å². The molecule has 3 nitrogen and oxygen atoms in total. The molecule has 0 spiro atoms. The number of nitrogens with two attached hydrogens (primary N) is 1. The molecule has 0 unspecified atom stereocenters. The highest BCUT2D eigenvalue weighted by Gasteiger charge is 2.19. The van der Waals surface area contributed by atoms with Crippen molar-refractivity contribution in [2.45, 2.75) is 25.8 Å². The second kappa shape index (κ2) is 5.46. The Balaban J connectivity index is 2.64. The van der Waals surface area contributed by atoms with Crippen LogP contribution in [0.15, 0.2) is 28.7 Å². The number of halogens is 1. The Morgan fingerprint density at radius 1 is 1.38 bits per heavy atom. The van der Waals surface area contributed by atoms with Gasteiger partial charge in [-0.1, -0.05) is 28.1 Å². The van der Waals surface area contributed by atoms with Gasteiger partial charge in [0.25, 0.3) is 0 Å². The average Bonchev–Trinajstić information content (AvgIpc) is 2.20. The smallest absolute Gasteiger partial charge is 0.234 e. The molecule has 0 heterocycles. The van der Waals surface area contributed by atoms with Crippen molar-refractivity contribution < 1.29 is 4.79 Å². The summed E-state index contributed by atoms with van der Waals surface area (Å²) in [5, 5.41) is 2.89. The molecule has 0 aliphatic heterocycles. The summed E-state index contributed by atoms with van der Waals surface area (Å²) in [4.78, 5) is 11.2. The maximum absolute atomic E-state index is 11.2. The molecule has 0 saturated heterocycles. The fourth-order valence-corrected chi connectivity index (χ4v) is 1.85. The Labute approximate surface area is 105 Å². The van der Waals surface area contributed by atoms with Gasteiger partial charge in [0.05, 0.1) is 6.54 Å². The molecule has 1 rings (SSSR count). The van der Waals surface area contributed by atoms with Crippen LogP contribution in [-0.2, 0) is 11.2 Å². The molecule has 16 heavy (non-hydrogen) atoms. The minimum atomic E-state index is -0.274. The summed E-state index contributed by atoms with van der Waals surface area (Å²) in [6.07, 6.45) is 0.784. The zero-order valence-electron chi connectivity index (χ0n) is 9.59. The summed E-state index contributed by atoms with van der Waals surface area (Å²) >= 11 is 3.39. The Kier molecular flexibility index (Phi) is 4.50. The molecule has 4 heteroatoms. The van der Waals surface area contributed by atoms with Gasteiger partial charge in [-0.25, -0.2) is 0 Å². The molecule has 0 fully saturated rings. The Morgan fingerprint density at radius 2 is 1.94 bits per heavy atom. The van der Waals surface area contributed by atoms with Crippen LogP contribution in [0.3, 0.4) is 0 Å². The third kappa shape index (κ3) is 4.33. The van der Waals surface area contributed by atoms with Crippen molar-refractivity contribution in [3.63, 3.8) is 0 Å². The zero-order chi connectivity index (χ0) is 12.2. The van der Waals surface area contributed by atoms with Crippen LogP contribution in [0.2, 0.25) is 0 Å². The lowest BCUT2D eigenvalue weighted by Crippen LogP contribution is -2.47. The SMILES string of the molecule is CC(C)(Cc1ccc(Br)cc1)NC(=O)CN. The fourth-order valence-electron chi connectivity index (χ4n) is 1.59. The van der Waals surface area contributed by atoms with Crippen LogP contribution >= 0.6 is 15.9 Å². The number of hydrogen-bond donors (Lipinski definition) is 2. The molecular formula is C12H17BrN2O. The molecule has 1 aromatic rings. The molecule has 0 aromatic heterocycles. The third-order valence-corrected chi connectivity index (χ3v) is 2.75. The summed E-state index contributed by atoms with van der Waals surface area (Å²) in [5.74, 6) is -0.123. The maximum Gasteiger partial charge on any atom is 0.234 e. The second-order valence-electron chi connectivity index (χ2n) is 4.44. The molecule has 0 radical (unpaired) electrons. The molecule has 0 saturated carbocycles. The van der Waals surface area contributed by atoms with Gasteiger partial charge in [0.15, 0.2) is 0 Å². The highest BCUT2D eigenvalue weighted by atomic mass is 79.9. The molecule has 0 aliphatic rings. The van der Waals surface area contributed by atoms with E-state index < -0.39 is 0 Å². The number of amides is 1. The second-order valence-corrected chi connectivity index (χ2v) is 5.36. The van der Waals surface area contributed by atoms with Gasteiger partial charge < -0.3 is 11.1 Å². The molecule has 0 bridgehead atoms. The first kappa shape index (κ1) is 13.2. The lowest BCUT2D eigenvalue weighted by molar-refractivity contribution is -0.121. The van der Waals surface area contributed by atoms with Gasteiger partial charge in [-0.2, -0.15) is 0 Å². The van der Waals surface area contributed by atoms with E-state index in [0.717, 1.165) is 10.9 Å². The van der Waals surface area contributed by atoms with Crippen LogP contribution in [0.4, 0.5) is 0 Å². The largest absolute Gasteiger partial charge is 0.350 e. The topological polar surface area (TPSA) is 55.1 Å². The molecule has 88 valence electrons. The summed E-state index contributed by atoms with van der Waals surface area (Å²) in [5.41, 5.74) is 6.19. The minimum absolute atomic E-state index is 0.0315. The van der Waals surface area contributed by atoms with Crippen LogP contribution < -0.4 is 11.1 Å². The van der Waals surface area contributed by atoms with Crippen LogP contribution in [0.5, 0.6) is 0 Å². The number of carbonyl (C=O) groups excluding carboxylic acids is 1. The lowest BCUT2D eigenvalue weighted by atomic mass is 9.95. The summed E-state index contributed by atoms with van der Waals surface area (Å²) in [6, 6.07) is 8.08. The van der Waals surface area contributed by atoms with Crippen LogP contribution in [0, 0.1) is 0 Å². The number of rotatable bonds is 4. The van der Waals surface area contributed by atoms with E-state index >= 15 is 0 Å². The standard InChI is InChI=1S/C12H17BrN2O/c1-12(2,15-11(16)8-14)7-9-3-5-10(13)6-4-9/h3-6H,7-8,14H2,1-2H3,(H,15,16). The first-order valence-corrected chi connectivity index (χ1v) is 5.98. The normalized spacial score (nSPS) is 11.2. The van der Waals surface area contributed by atoms with E-state index in [0.29, 0.717) is 0 Å². The van der Waals surface area contributed by atoms with E-state index in [4.69, 9.17) is 5.73 Å². The van der Waals surface area contributed by atoms with Gasteiger partial charge in [-0.05, 0) is 38.0 Å². The predicted molar refractivity (Wildman–Crippen MR) is 69.1 cm³/mol. The molecule has 3 N–H and O–H groups in total. The van der Waals surface area contributed by atoms with Crippen LogP contribution in [-0.4, -0.2) is 18.0 Å². The third-order valence-electron chi connectivity index (χ3n) is 2.22. The van der Waals surface area contributed by atoms with Crippen molar-refractivity contribution >= 4 is 21.8 Å². The number of nitrogens with one attached hydrogen (secondary N) is 1. The van der Waals surface area contributed by atoms with Gasteiger partial charge in [0.2, 0.25) is 5.91 Å². The van der Waals surface area contributed by atoms with Crippen molar-refractivity contribution in [1.82, 2.24) is 5.32 Å². The Bertz CT molecular complexity index is 360. The van der Waals surface area contributed by atoms with Crippen molar-refractivity contribution in [3.05, 3.63) is 34.3 Å². The molecule has 0 aliphatic carbocycles. The van der Waals surface area contributed by atoms with E-state index in [1.165, 1.54) is 5.56 Å². The van der Waals surface area contributed by atoms with E-state index in [1.807, 2.05) is 38.1 Å². The van der Waals surface area contributed by atoms with Gasteiger partial charge in [-0.3, -0.25) is 4.79 Å². The van der Waals surface area contributed by atoms with Crippen LogP contribution in [0.1, 0.15) is 19.4 Å². The van der Waals surface area contributed by atoms with Crippen molar-refractivity contribution in [3.8, 4) is 0 Å². The number of benzene rings is 1. The highest BCUT2D eigenvalue weighted by molar-refractivity contribution is 9.10. The summed E-state index contributed by atoms with van der Waals surface area (Å²) in [7, 11) is 0. The quantitative estimate of drug-likeness (QED) is 0.887. The van der Waals surface area contributed by atoms with E-state index in [2.05, 4.69) is 21.2 Å². The summed E-state index contributed by atoms with van der Waals surface area (Å²) < 4.78 is 1.06. The van der Waals surface area contributed by atoms with E-state index in [9.17, 15) is 4.79 Å². The fraction of sp³-hybridized carbons (Fsp3) is 0.417. The maximum atomic E-state index is 11.2. The zero-order valence-corrected chi connectivity index (χ0v) is 11.2. The monoisotopic (exact) mass is 284 g/mol. The van der Waals surface area contributed by atoms with E-state index in [1.54, 1.807) is 0 Å². The van der Waals surface area contributed by atoms with Crippen molar-refractivity contribution in [2.24, 2.45) is 5.73 Å². The summed E-state index contributed by atoms with van der Waals surface area (Å²) in [6.45, 7) is 4.01. The molecule has 1 amide bonds. The van der Waals surface area contributed by atoms with Gasteiger partial charge in [0.1, 0.15) is 0 Å². The first-order chi connectivity index (χ1) is 7.43. The van der Waals surface area contributed by atoms with Gasteiger partial charge in [-0.15, -0.1) is 0 Å². The molecule has 1 aromatic carbocycles. The van der Waals surface area contributed by atoms with Crippen LogP contribution in [0.25, 0.3) is 0 Å². The lowest BCUT2D eigenvalue weighted by Gasteiger charge is -2.26. The minimum Gasteiger partial charge on any atom is -0.350 e. The number of hydrogen-bond acceptors (Lipinski definition) is 2. The highest BCUT2D eigenvalue weighted by Crippen LogP contribution is 2.16. The van der Waals surface area contributed by atoms with Gasteiger partial charge in [0, 0.05) is 10.0 Å². The predicted octanol–water partition coefficient (Wildman–Crippen LogP) is 1.85. The first-order valence-electron chi connectivity index (χ1n) is 5.18. The molecular weight excluding hydrogens is 268 g/mol. The molecule has 0 atom stereocenters. The van der Waals surface area contributed by atoms with Crippen molar-refractivity contribution in [1.29, 1.82) is 0 Å². The van der Waals surface area contributed by atoms with Gasteiger partial charge >= 0.3 is 0 Å². The average molecular weight is 285 g/mol. The van der Waals surface area contributed by atoms with Crippen molar-refractivity contribution in [2.75, 3.05) is 6.54 Å².